The van der Waals surface area contributed by atoms with Gasteiger partial charge >= 0.3 is 6.18 Å². The first-order valence-electron chi connectivity index (χ1n) is 10.0. The lowest BCUT2D eigenvalue weighted by Crippen LogP contribution is -2.63. The van der Waals surface area contributed by atoms with Crippen LogP contribution in [0.4, 0.5) is 24.7 Å². The number of likely N-dealkylation sites (N-methyl/N-ethyl adjacent to an activating group) is 1. The lowest BCUT2D eigenvalue weighted by atomic mass is 9.93. The molecule has 10 heteroatoms. The fourth-order valence-electron chi connectivity index (χ4n) is 4.19. The number of nitrogens with zero attached hydrogens (tertiary/aromatic N) is 4. The second-order valence-electron chi connectivity index (χ2n) is 7.55. The van der Waals surface area contributed by atoms with Crippen LogP contribution in [0.15, 0.2) is 48.9 Å². The summed E-state index contributed by atoms with van der Waals surface area (Å²) < 4.78 is 42.6. The van der Waals surface area contributed by atoms with Crippen molar-refractivity contribution in [2.75, 3.05) is 30.4 Å². The Morgan fingerprint density at radius 1 is 1.26 bits per heavy atom. The van der Waals surface area contributed by atoms with Crippen LogP contribution in [-0.2, 0) is 4.79 Å². The number of nitrogens with one attached hydrogen (secondary N) is 2. The summed E-state index contributed by atoms with van der Waals surface area (Å²) in [6, 6.07) is 7.78. The van der Waals surface area contributed by atoms with Gasteiger partial charge in [0.2, 0.25) is 5.91 Å². The minimum Gasteiger partial charge on any atom is -0.376 e. The number of halogens is 3. The fourth-order valence-corrected chi connectivity index (χ4v) is 4.19. The highest BCUT2D eigenvalue weighted by Gasteiger charge is 2.52. The molecule has 1 aliphatic rings. The number of para-hydroxylation sites is 1. The van der Waals surface area contributed by atoms with E-state index in [1.165, 1.54) is 11.2 Å². The fraction of sp³-hybridized carbons (Fsp3) is 0.381. The number of hydrogen-bond donors (Lipinski definition) is 2. The van der Waals surface area contributed by atoms with Crippen molar-refractivity contribution in [3.63, 3.8) is 0 Å². The number of carbonyl (C=O) groups excluding carboxylic acids is 1. The second kappa shape index (κ2) is 8.44. The first-order chi connectivity index (χ1) is 14.9. The van der Waals surface area contributed by atoms with Gasteiger partial charge in [0.1, 0.15) is 23.8 Å². The van der Waals surface area contributed by atoms with E-state index in [-0.39, 0.29) is 13.1 Å². The first kappa shape index (κ1) is 21.0. The van der Waals surface area contributed by atoms with Crippen LogP contribution in [0, 0.1) is 0 Å². The Kier molecular flexibility index (Phi) is 5.71. The molecule has 2 aromatic heterocycles. The predicted octanol–water partition coefficient (Wildman–Crippen LogP) is 3.43. The maximum absolute atomic E-state index is 14.2. The Morgan fingerprint density at radius 2 is 2.03 bits per heavy atom. The molecule has 0 radical (unpaired) electrons. The van der Waals surface area contributed by atoms with Crippen LogP contribution in [0.2, 0.25) is 0 Å². The summed E-state index contributed by atoms with van der Waals surface area (Å²) >= 11 is 0. The van der Waals surface area contributed by atoms with Crippen LogP contribution in [0.1, 0.15) is 12.8 Å². The van der Waals surface area contributed by atoms with Crippen molar-refractivity contribution < 1.29 is 18.0 Å². The molecule has 2 unspecified atom stereocenters. The third kappa shape index (κ3) is 4.28. The number of likely N-dealkylation sites (tertiary alicyclic amines) is 1. The van der Waals surface area contributed by atoms with Crippen LogP contribution >= 0.6 is 0 Å². The van der Waals surface area contributed by atoms with E-state index in [4.69, 9.17) is 0 Å². The predicted molar refractivity (Wildman–Crippen MR) is 112 cm³/mol. The standard InChI is InChI=1S/C21H23F3N6O/c1-29(20-15-9-10-25-19(15)27-13-28-20)16-8-5-11-30(18(16)21(22,23)24)17(31)12-26-14-6-3-2-4-7-14/h2-4,6-7,9-10,13,16,18,26H,5,8,11-12H2,1H3,(H,25,27,28). The van der Waals surface area contributed by atoms with Crippen molar-refractivity contribution >= 4 is 28.4 Å². The maximum atomic E-state index is 14.2. The Balaban J connectivity index is 1.59. The van der Waals surface area contributed by atoms with Crippen LogP contribution < -0.4 is 10.2 Å². The molecule has 2 atom stereocenters. The van der Waals surface area contributed by atoms with Gasteiger partial charge in [0.15, 0.2) is 0 Å². The van der Waals surface area contributed by atoms with Crippen molar-refractivity contribution in [2.24, 2.45) is 0 Å². The summed E-state index contributed by atoms with van der Waals surface area (Å²) in [5.41, 5.74) is 1.23. The largest absolute Gasteiger partial charge is 0.410 e. The van der Waals surface area contributed by atoms with Gasteiger partial charge in [-0.2, -0.15) is 13.2 Å². The highest BCUT2D eigenvalue weighted by Crippen LogP contribution is 2.36. The van der Waals surface area contributed by atoms with Crippen molar-refractivity contribution in [3.05, 3.63) is 48.9 Å². The van der Waals surface area contributed by atoms with Gasteiger partial charge in [0, 0.05) is 25.5 Å². The van der Waals surface area contributed by atoms with Gasteiger partial charge in [0.05, 0.1) is 18.0 Å². The molecule has 0 spiro atoms. The Morgan fingerprint density at radius 3 is 2.77 bits per heavy atom. The smallest absolute Gasteiger partial charge is 0.376 e. The van der Waals surface area contributed by atoms with E-state index in [9.17, 15) is 18.0 Å². The number of piperidine rings is 1. The monoisotopic (exact) mass is 432 g/mol. The number of rotatable bonds is 5. The minimum absolute atomic E-state index is 0.0627. The topological polar surface area (TPSA) is 77.2 Å². The van der Waals surface area contributed by atoms with E-state index in [2.05, 4.69) is 20.3 Å². The van der Waals surface area contributed by atoms with Crippen molar-refractivity contribution in [1.82, 2.24) is 19.9 Å². The number of aromatic amines is 1. The highest BCUT2D eigenvalue weighted by molar-refractivity contribution is 5.87. The molecule has 1 fully saturated rings. The summed E-state index contributed by atoms with van der Waals surface area (Å²) in [6.45, 7) is -0.143. The molecular formula is C21H23F3N6O. The number of carbonyl (C=O) groups is 1. The first-order valence-corrected chi connectivity index (χ1v) is 10.0. The van der Waals surface area contributed by atoms with E-state index in [0.717, 1.165) is 4.90 Å². The third-order valence-corrected chi connectivity index (χ3v) is 5.64. The van der Waals surface area contributed by atoms with E-state index in [1.54, 1.807) is 43.6 Å². The summed E-state index contributed by atoms with van der Waals surface area (Å²) in [4.78, 5) is 26.6. The van der Waals surface area contributed by atoms with Gasteiger partial charge in [-0.3, -0.25) is 4.79 Å². The van der Waals surface area contributed by atoms with E-state index in [0.29, 0.717) is 35.4 Å². The number of benzene rings is 1. The number of anilines is 2. The number of hydrogen-bond acceptors (Lipinski definition) is 5. The Hall–Kier alpha value is -3.30. The van der Waals surface area contributed by atoms with Gasteiger partial charge in [-0.15, -0.1) is 0 Å². The highest BCUT2D eigenvalue weighted by atomic mass is 19.4. The van der Waals surface area contributed by atoms with Crippen molar-refractivity contribution in [2.45, 2.75) is 31.1 Å². The van der Waals surface area contributed by atoms with Crippen LogP contribution in [0.5, 0.6) is 0 Å². The molecule has 7 nitrogen and oxygen atoms in total. The van der Waals surface area contributed by atoms with Crippen molar-refractivity contribution in [1.29, 1.82) is 0 Å². The lowest BCUT2D eigenvalue weighted by molar-refractivity contribution is -0.199. The molecule has 31 heavy (non-hydrogen) atoms. The molecular weight excluding hydrogens is 409 g/mol. The molecule has 1 aliphatic heterocycles. The summed E-state index contributed by atoms with van der Waals surface area (Å²) in [6.07, 6.45) is -0.814. The number of H-pyrrole nitrogens is 1. The normalized spacial score (nSPS) is 19.4. The Labute approximate surface area is 177 Å². The van der Waals surface area contributed by atoms with Gasteiger partial charge in [-0.25, -0.2) is 9.97 Å². The van der Waals surface area contributed by atoms with Gasteiger partial charge in [0.25, 0.3) is 0 Å². The molecule has 3 aromatic rings. The zero-order valence-corrected chi connectivity index (χ0v) is 16.9. The quantitative estimate of drug-likeness (QED) is 0.646. The number of fused-ring (bicyclic) bond motifs is 1. The average Bonchev–Trinajstić information content (AvgIpc) is 3.25. The van der Waals surface area contributed by atoms with E-state index < -0.39 is 24.2 Å². The SMILES string of the molecule is CN(c1ncnc2[nH]ccc12)C1CCCN(C(=O)CNc2ccccc2)C1C(F)(F)F. The summed E-state index contributed by atoms with van der Waals surface area (Å²) in [5.74, 6) is -0.180. The number of alkyl halides is 3. The van der Waals surface area contributed by atoms with E-state index >= 15 is 0 Å². The van der Waals surface area contributed by atoms with Crippen LogP contribution in [0.3, 0.4) is 0 Å². The van der Waals surface area contributed by atoms with Gasteiger partial charge in [-0.05, 0) is 31.0 Å². The molecule has 0 aliphatic carbocycles. The molecule has 0 bridgehead atoms. The van der Waals surface area contributed by atoms with Gasteiger partial charge in [-0.1, -0.05) is 18.2 Å². The zero-order valence-electron chi connectivity index (χ0n) is 16.9. The lowest BCUT2D eigenvalue weighted by Gasteiger charge is -2.45. The van der Waals surface area contributed by atoms with E-state index in [1.807, 2.05) is 6.07 Å². The second-order valence-corrected chi connectivity index (χ2v) is 7.55. The molecule has 1 aromatic carbocycles. The molecule has 0 saturated carbocycles. The van der Waals surface area contributed by atoms with Crippen LogP contribution in [-0.4, -0.2) is 64.2 Å². The minimum atomic E-state index is -4.58. The molecule has 1 amide bonds. The molecule has 2 N–H and O–H groups in total. The summed E-state index contributed by atoms with van der Waals surface area (Å²) in [5, 5.41) is 3.55. The number of amides is 1. The molecule has 3 heterocycles. The maximum Gasteiger partial charge on any atom is 0.410 e. The van der Waals surface area contributed by atoms with Gasteiger partial charge < -0.3 is 20.1 Å². The summed E-state index contributed by atoms with van der Waals surface area (Å²) in [7, 11) is 1.59. The average molecular weight is 432 g/mol. The molecule has 1 saturated heterocycles. The zero-order chi connectivity index (χ0) is 22.0. The number of aromatic nitrogens is 3. The third-order valence-electron chi connectivity index (χ3n) is 5.64. The van der Waals surface area contributed by atoms with Crippen LogP contribution in [0.25, 0.3) is 11.0 Å². The van der Waals surface area contributed by atoms with Crippen molar-refractivity contribution in [3.8, 4) is 0 Å². The Bertz CT molecular complexity index is 1040. The molecule has 4 rings (SSSR count). The molecule has 164 valence electrons.